The maximum Gasteiger partial charge on any atom is 0.338 e. The summed E-state index contributed by atoms with van der Waals surface area (Å²) in [7, 11) is 0. The lowest BCUT2D eigenvalue weighted by Crippen LogP contribution is -2.03. The molecule has 0 bridgehead atoms. The maximum absolute atomic E-state index is 11.6. The Labute approximate surface area is 131 Å². The van der Waals surface area contributed by atoms with Gasteiger partial charge in [0.2, 0.25) is 0 Å². The van der Waals surface area contributed by atoms with Crippen LogP contribution in [-0.4, -0.2) is 23.4 Å². The lowest BCUT2D eigenvalue weighted by molar-refractivity contribution is 0.0526. The predicted octanol–water partition coefficient (Wildman–Crippen LogP) is 4.05. The largest absolute Gasteiger partial charge is 0.462 e. The smallest absolute Gasteiger partial charge is 0.338 e. The molecule has 1 aromatic heterocycles. The highest BCUT2D eigenvalue weighted by molar-refractivity contribution is 5.90. The fourth-order valence-electron chi connectivity index (χ4n) is 2.49. The molecule has 0 saturated carbocycles. The van der Waals surface area contributed by atoms with Crippen LogP contribution >= 0.6 is 0 Å². The highest BCUT2D eigenvalue weighted by Crippen LogP contribution is 2.17. The first-order chi connectivity index (χ1) is 10.6. The summed E-state index contributed by atoms with van der Waals surface area (Å²) in [6.45, 7) is 9.47. The minimum absolute atomic E-state index is 0.301. The average molecular weight is 298 g/mol. The van der Waals surface area contributed by atoms with Gasteiger partial charge < -0.3 is 9.30 Å². The van der Waals surface area contributed by atoms with Crippen molar-refractivity contribution < 1.29 is 9.53 Å². The van der Waals surface area contributed by atoms with Gasteiger partial charge in [0.15, 0.2) is 0 Å². The third-order valence-electron chi connectivity index (χ3n) is 3.66. The summed E-state index contributed by atoms with van der Waals surface area (Å²) in [6, 6.07) is 9.25. The van der Waals surface area contributed by atoms with E-state index in [1.54, 1.807) is 19.1 Å². The van der Waals surface area contributed by atoms with Crippen LogP contribution in [0.1, 0.15) is 41.2 Å². The normalized spacial score (nSPS) is 11.1. The van der Waals surface area contributed by atoms with Gasteiger partial charge in [-0.3, -0.25) is 4.99 Å². The van der Waals surface area contributed by atoms with Crippen molar-refractivity contribution in [1.29, 1.82) is 0 Å². The van der Waals surface area contributed by atoms with Crippen molar-refractivity contribution in [3.8, 4) is 0 Å². The number of ether oxygens (including phenoxy) is 1. The molecule has 0 N–H and O–H groups in total. The Bertz CT molecular complexity index is 682. The molecule has 1 heterocycles. The molecule has 0 aliphatic heterocycles. The second-order valence-corrected chi connectivity index (χ2v) is 5.10. The summed E-state index contributed by atoms with van der Waals surface area (Å²) in [4.78, 5) is 16.1. The number of esters is 1. The number of nitrogens with zero attached hydrogens (tertiary/aromatic N) is 2. The fourth-order valence-corrected chi connectivity index (χ4v) is 2.49. The van der Waals surface area contributed by atoms with Crippen LogP contribution in [0.5, 0.6) is 0 Å². The monoisotopic (exact) mass is 298 g/mol. The average Bonchev–Trinajstić information content (AvgIpc) is 2.79. The molecule has 4 nitrogen and oxygen atoms in total. The number of hydrogen-bond donors (Lipinski definition) is 0. The van der Waals surface area contributed by atoms with Gasteiger partial charge in [0.1, 0.15) is 0 Å². The number of carbonyl (C=O) groups is 1. The van der Waals surface area contributed by atoms with Crippen molar-refractivity contribution in [3.05, 3.63) is 52.8 Å². The molecule has 0 fully saturated rings. The summed E-state index contributed by atoms with van der Waals surface area (Å²) < 4.78 is 7.22. The van der Waals surface area contributed by atoms with Crippen LogP contribution in [0.15, 0.2) is 35.3 Å². The molecule has 4 heteroatoms. The Hall–Kier alpha value is -2.36. The van der Waals surface area contributed by atoms with Crippen molar-refractivity contribution in [2.75, 3.05) is 6.61 Å². The quantitative estimate of drug-likeness (QED) is 0.617. The number of rotatable bonds is 5. The van der Waals surface area contributed by atoms with Crippen LogP contribution in [0.2, 0.25) is 0 Å². The molecule has 0 atom stereocenters. The van der Waals surface area contributed by atoms with Crippen LogP contribution in [-0.2, 0) is 11.3 Å². The zero-order valence-corrected chi connectivity index (χ0v) is 13.6. The fraction of sp³-hybridized carbons (Fsp3) is 0.333. The second kappa shape index (κ2) is 7.07. The summed E-state index contributed by atoms with van der Waals surface area (Å²) in [5.41, 5.74) is 4.93. The minimum atomic E-state index is -0.301. The van der Waals surface area contributed by atoms with Gasteiger partial charge >= 0.3 is 5.97 Å². The number of aromatic nitrogens is 1. The van der Waals surface area contributed by atoms with Crippen LogP contribution in [0.4, 0.5) is 5.69 Å². The Morgan fingerprint density at radius 3 is 2.45 bits per heavy atom. The van der Waals surface area contributed by atoms with E-state index in [-0.39, 0.29) is 5.97 Å². The van der Waals surface area contributed by atoms with Gasteiger partial charge in [-0.2, -0.15) is 0 Å². The zero-order chi connectivity index (χ0) is 16.1. The first kappa shape index (κ1) is 16.0. The molecule has 0 amide bonds. The highest BCUT2D eigenvalue weighted by Gasteiger charge is 2.06. The summed E-state index contributed by atoms with van der Waals surface area (Å²) in [5.74, 6) is -0.301. The molecule has 0 unspecified atom stereocenters. The summed E-state index contributed by atoms with van der Waals surface area (Å²) in [5, 5.41) is 0. The van der Waals surface area contributed by atoms with Crippen molar-refractivity contribution in [2.24, 2.45) is 4.99 Å². The predicted molar refractivity (Wildman–Crippen MR) is 89.2 cm³/mol. The third-order valence-corrected chi connectivity index (χ3v) is 3.66. The van der Waals surface area contributed by atoms with E-state index in [1.807, 2.05) is 18.3 Å². The Morgan fingerprint density at radius 2 is 1.91 bits per heavy atom. The molecular formula is C18H22N2O2. The summed E-state index contributed by atoms with van der Waals surface area (Å²) in [6.07, 6.45) is 1.87. The molecular weight excluding hydrogens is 276 g/mol. The van der Waals surface area contributed by atoms with Crippen LogP contribution < -0.4 is 0 Å². The van der Waals surface area contributed by atoms with Gasteiger partial charge in [-0.25, -0.2) is 4.79 Å². The molecule has 116 valence electrons. The van der Waals surface area contributed by atoms with Crippen molar-refractivity contribution in [3.63, 3.8) is 0 Å². The number of aryl methyl sites for hydroxylation is 1. The van der Waals surface area contributed by atoms with Crippen molar-refractivity contribution in [2.45, 2.75) is 34.2 Å². The van der Waals surface area contributed by atoms with E-state index < -0.39 is 0 Å². The molecule has 2 rings (SSSR count). The van der Waals surface area contributed by atoms with E-state index in [0.717, 1.165) is 17.8 Å². The third kappa shape index (κ3) is 3.45. The van der Waals surface area contributed by atoms with Gasteiger partial charge in [0.25, 0.3) is 0 Å². The van der Waals surface area contributed by atoms with E-state index in [2.05, 4.69) is 36.4 Å². The molecule has 0 aliphatic rings. The Balaban J connectivity index is 2.15. The van der Waals surface area contributed by atoms with Crippen LogP contribution in [0.3, 0.4) is 0 Å². The van der Waals surface area contributed by atoms with Crippen LogP contribution in [0, 0.1) is 13.8 Å². The minimum Gasteiger partial charge on any atom is -0.462 e. The standard InChI is InChI=1S/C18H22N2O2/c1-5-20-13(3)11-16(14(20)4)12-19-17-9-7-15(8-10-17)18(21)22-6-2/h7-12H,5-6H2,1-4H3. The molecule has 0 radical (unpaired) electrons. The maximum atomic E-state index is 11.6. The number of hydrogen-bond acceptors (Lipinski definition) is 3. The number of benzene rings is 1. The SMILES string of the molecule is CCOC(=O)c1ccc(N=Cc2cc(C)n(CC)c2C)cc1. The van der Waals surface area contributed by atoms with Crippen LogP contribution in [0.25, 0.3) is 0 Å². The second-order valence-electron chi connectivity index (χ2n) is 5.10. The van der Waals surface area contributed by atoms with Gasteiger partial charge in [0.05, 0.1) is 17.9 Å². The molecule has 0 saturated heterocycles. The van der Waals surface area contributed by atoms with Gasteiger partial charge in [-0.1, -0.05) is 0 Å². The Morgan fingerprint density at radius 1 is 1.23 bits per heavy atom. The van der Waals surface area contributed by atoms with E-state index in [9.17, 15) is 4.79 Å². The lowest BCUT2D eigenvalue weighted by atomic mass is 10.2. The molecule has 2 aromatic rings. The van der Waals surface area contributed by atoms with Crippen molar-refractivity contribution in [1.82, 2.24) is 4.57 Å². The van der Waals surface area contributed by atoms with E-state index >= 15 is 0 Å². The molecule has 1 aromatic carbocycles. The number of carbonyl (C=O) groups excluding carboxylic acids is 1. The molecule has 22 heavy (non-hydrogen) atoms. The van der Waals surface area contributed by atoms with E-state index in [1.165, 1.54) is 11.4 Å². The molecule has 0 spiro atoms. The first-order valence-electron chi connectivity index (χ1n) is 7.54. The van der Waals surface area contributed by atoms with Gasteiger partial charge in [-0.05, 0) is 58.0 Å². The van der Waals surface area contributed by atoms with E-state index in [0.29, 0.717) is 12.2 Å². The highest BCUT2D eigenvalue weighted by atomic mass is 16.5. The first-order valence-corrected chi connectivity index (χ1v) is 7.54. The van der Waals surface area contributed by atoms with Gasteiger partial charge in [-0.15, -0.1) is 0 Å². The Kier molecular flexibility index (Phi) is 5.15. The molecule has 0 aliphatic carbocycles. The van der Waals surface area contributed by atoms with E-state index in [4.69, 9.17) is 4.74 Å². The topological polar surface area (TPSA) is 43.6 Å². The van der Waals surface area contributed by atoms with Crippen molar-refractivity contribution >= 4 is 17.9 Å². The zero-order valence-electron chi connectivity index (χ0n) is 13.6. The number of aliphatic imine (C=N–C) groups is 1. The summed E-state index contributed by atoms with van der Waals surface area (Å²) >= 11 is 0. The lowest BCUT2D eigenvalue weighted by Gasteiger charge is -2.04. The van der Waals surface area contributed by atoms with Gasteiger partial charge in [0, 0.05) is 29.7 Å².